The summed E-state index contributed by atoms with van der Waals surface area (Å²) in [6.07, 6.45) is 3.01. The summed E-state index contributed by atoms with van der Waals surface area (Å²) in [6.45, 7) is 5.50. The van der Waals surface area contributed by atoms with Crippen LogP contribution >= 0.6 is 0 Å². The molecule has 1 aromatic carbocycles. The lowest BCUT2D eigenvalue weighted by Crippen LogP contribution is -2.42. The second-order valence-electron chi connectivity index (χ2n) is 8.82. The minimum absolute atomic E-state index is 0.0241. The van der Waals surface area contributed by atoms with E-state index >= 15 is 0 Å². The summed E-state index contributed by atoms with van der Waals surface area (Å²) in [5.74, 6) is 1.01. The predicted molar refractivity (Wildman–Crippen MR) is 126 cm³/mol. The molecule has 0 radical (unpaired) electrons. The molecule has 3 aromatic rings. The molecule has 170 valence electrons. The van der Waals surface area contributed by atoms with E-state index in [1.807, 2.05) is 44.3 Å². The van der Waals surface area contributed by atoms with E-state index in [2.05, 4.69) is 32.0 Å². The van der Waals surface area contributed by atoms with Crippen LogP contribution in [-0.4, -0.2) is 50.3 Å². The molecule has 0 saturated carbocycles. The Bertz CT molecular complexity index is 1220. The molecule has 1 saturated heterocycles. The van der Waals surface area contributed by atoms with E-state index in [-0.39, 0.29) is 23.9 Å². The molecule has 0 unspecified atom stereocenters. The fourth-order valence-electron chi connectivity index (χ4n) is 4.25. The number of hydrogen-bond acceptors (Lipinski definition) is 7. The van der Waals surface area contributed by atoms with Gasteiger partial charge >= 0.3 is 0 Å². The number of amides is 2. The predicted octanol–water partition coefficient (Wildman–Crippen LogP) is 2.69. The van der Waals surface area contributed by atoms with Crippen molar-refractivity contribution in [3.63, 3.8) is 0 Å². The van der Waals surface area contributed by atoms with E-state index in [1.165, 1.54) is 0 Å². The Morgan fingerprint density at radius 1 is 1.21 bits per heavy atom. The first kappa shape index (κ1) is 21.1. The summed E-state index contributed by atoms with van der Waals surface area (Å²) >= 11 is 0. The molecule has 4 heterocycles. The molecule has 0 aliphatic carbocycles. The number of nitrogens with zero attached hydrogens (tertiary/aromatic N) is 4. The molecule has 0 bridgehead atoms. The van der Waals surface area contributed by atoms with Crippen LogP contribution in [-0.2, 0) is 17.9 Å². The van der Waals surface area contributed by atoms with E-state index in [1.54, 1.807) is 4.90 Å². The summed E-state index contributed by atoms with van der Waals surface area (Å²) in [5, 5.41) is 10.6. The van der Waals surface area contributed by atoms with Gasteiger partial charge in [0.1, 0.15) is 11.5 Å². The number of rotatable bonds is 6. The molecule has 2 aliphatic heterocycles. The number of carbonyl (C=O) groups excluding carboxylic acids is 2. The SMILES string of the molecule is CC(C)N1Cc2c(NCc3cnc4ccccc4c3)nc(N[C@H]3CCC(=O)NC3)nc2C1=O. The minimum atomic E-state index is -0.0854. The average Bonchev–Trinajstić information content (AvgIpc) is 3.16. The highest BCUT2D eigenvalue weighted by Crippen LogP contribution is 2.30. The first-order chi connectivity index (χ1) is 16.0. The zero-order valence-electron chi connectivity index (χ0n) is 18.8. The summed E-state index contributed by atoms with van der Waals surface area (Å²) in [6, 6.07) is 10.2. The van der Waals surface area contributed by atoms with Crippen molar-refractivity contribution in [1.82, 2.24) is 25.2 Å². The van der Waals surface area contributed by atoms with Gasteiger partial charge in [-0.1, -0.05) is 18.2 Å². The molecule has 3 N–H and O–H groups in total. The molecule has 2 aliphatic rings. The zero-order valence-corrected chi connectivity index (χ0v) is 18.8. The Morgan fingerprint density at radius 2 is 2.06 bits per heavy atom. The standard InChI is InChI=1S/C24H27N7O2/c1-14(2)31-13-18-21(23(31)33)29-24(28-17-7-8-20(32)26-12-17)30-22(18)27-11-15-9-16-5-3-4-6-19(16)25-10-15/h3-6,9-10,14,17H,7-8,11-13H2,1-2H3,(H,26,32)(H2,27,28,29,30)/t17-/m0/s1. The number of benzene rings is 1. The number of piperidine rings is 1. The third kappa shape index (κ3) is 4.30. The second-order valence-corrected chi connectivity index (χ2v) is 8.82. The maximum Gasteiger partial charge on any atom is 0.273 e. The first-order valence-electron chi connectivity index (χ1n) is 11.3. The van der Waals surface area contributed by atoms with Gasteiger partial charge in [-0.2, -0.15) is 4.98 Å². The van der Waals surface area contributed by atoms with Crippen LogP contribution in [0.4, 0.5) is 11.8 Å². The molecule has 0 spiro atoms. The quantitative estimate of drug-likeness (QED) is 0.535. The van der Waals surface area contributed by atoms with Crippen LogP contribution in [0.25, 0.3) is 10.9 Å². The lowest BCUT2D eigenvalue weighted by molar-refractivity contribution is -0.122. The van der Waals surface area contributed by atoms with Crippen LogP contribution < -0.4 is 16.0 Å². The van der Waals surface area contributed by atoms with Crippen LogP contribution in [0.1, 0.15) is 48.3 Å². The smallest absolute Gasteiger partial charge is 0.273 e. The Labute approximate surface area is 192 Å². The van der Waals surface area contributed by atoms with Gasteiger partial charge in [-0.25, -0.2) is 4.98 Å². The summed E-state index contributed by atoms with van der Waals surface area (Å²) in [4.78, 5) is 40.1. The number of aromatic nitrogens is 3. The summed E-state index contributed by atoms with van der Waals surface area (Å²) < 4.78 is 0. The minimum Gasteiger partial charge on any atom is -0.365 e. The third-order valence-electron chi connectivity index (χ3n) is 6.13. The van der Waals surface area contributed by atoms with Crippen LogP contribution in [0, 0.1) is 0 Å². The molecule has 9 heteroatoms. The fourth-order valence-corrected chi connectivity index (χ4v) is 4.25. The lowest BCUT2D eigenvalue weighted by atomic mass is 10.1. The summed E-state index contributed by atoms with van der Waals surface area (Å²) in [7, 11) is 0. The maximum absolute atomic E-state index is 13.0. The Kier molecular flexibility index (Phi) is 5.53. The van der Waals surface area contributed by atoms with E-state index < -0.39 is 0 Å². The van der Waals surface area contributed by atoms with Crippen LogP contribution in [0.3, 0.4) is 0 Å². The van der Waals surface area contributed by atoms with Gasteiger partial charge in [-0.05, 0) is 38.0 Å². The van der Waals surface area contributed by atoms with Gasteiger partial charge in [0, 0.05) is 48.7 Å². The van der Waals surface area contributed by atoms with Gasteiger partial charge in [0.2, 0.25) is 11.9 Å². The summed E-state index contributed by atoms with van der Waals surface area (Å²) in [5.41, 5.74) is 3.22. The van der Waals surface area contributed by atoms with Crippen molar-refractivity contribution < 1.29 is 9.59 Å². The number of nitrogens with one attached hydrogen (secondary N) is 3. The highest BCUT2D eigenvalue weighted by molar-refractivity contribution is 5.98. The van der Waals surface area contributed by atoms with Crippen molar-refractivity contribution in [3.8, 4) is 0 Å². The number of anilines is 2. The van der Waals surface area contributed by atoms with Crippen molar-refractivity contribution in [2.45, 2.75) is 51.9 Å². The fraction of sp³-hybridized carbons (Fsp3) is 0.375. The molecular weight excluding hydrogens is 418 g/mol. The van der Waals surface area contributed by atoms with Crippen LogP contribution in [0.5, 0.6) is 0 Å². The lowest BCUT2D eigenvalue weighted by Gasteiger charge is -2.23. The van der Waals surface area contributed by atoms with Gasteiger partial charge in [-0.15, -0.1) is 0 Å². The average molecular weight is 446 g/mol. The molecule has 2 aromatic heterocycles. The van der Waals surface area contributed by atoms with Gasteiger partial charge in [0.05, 0.1) is 12.1 Å². The highest BCUT2D eigenvalue weighted by atomic mass is 16.2. The van der Waals surface area contributed by atoms with Gasteiger partial charge in [0.15, 0.2) is 0 Å². The van der Waals surface area contributed by atoms with Crippen molar-refractivity contribution >= 4 is 34.5 Å². The monoisotopic (exact) mass is 445 g/mol. The normalized spacial score (nSPS) is 17.9. The zero-order chi connectivity index (χ0) is 22.9. The van der Waals surface area contributed by atoms with Crippen molar-refractivity contribution in [3.05, 3.63) is 53.3 Å². The molecule has 5 rings (SSSR count). The molecule has 33 heavy (non-hydrogen) atoms. The third-order valence-corrected chi connectivity index (χ3v) is 6.13. The van der Waals surface area contributed by atoms with E-state index in [4.69, 9.17) is 4.98 Å². The number of para-hydroxylation sites is 1. The molecule has 9 nitrogen and oxygen atoms in total. The van der Waals surface area contributed by atoms with Gasteiger partial charge < -0.3 is 20.9 Å². The van der Waals surface area contributed by atoms with E-state index in [0.29, 0.717) is 49.9 Å². The number of carbonyl (C=O) groups is 2. The number of pyridine rings is 1. The van der Waals surface area contributed by atoms with Crippen molar-refractivity contribution in [2.75, 3.05) is 17.2 Å². The second kappa shape index (κ2) is 8.65. The van der Waals surface area contributed by atoms with Crippen molar-refractivity contribution in [2.24, 2.45) is 0 Å². The Balaban J connectivity index is 1.42. The Morgan fingerprint density at radius 3 is 2.85 bits per heavy atom. The molecule has 2 amide bonds. The topological polar surface area (TPSA) is 112 Å². The van der Waals surface area contributed by atoms with Crippen molar-refractivity contribution in [1.29, 1.82) is 0 Å². The van der Waals surface area contributed by atoms with Crippen LogP contribution in [0.15, 0.2) is 36.5 Å². The Hall–Kier alpha value is -3.75. The molecular formula is C24H27N7O2. The van der Waals surface area contributed by atoms with Gasteiger partial charge in [0.25, 0.3) is 5.91 Å². The largest absolute Gasteiger partial charge is 0.365 e. The van der Waals surface area contributed by atoms with Gasteiger partial charge in [-0.3, -0.25) is 14.6 Å². The number of fused-ring (bicyclic) bond motifs is 2. The molecule has 1 atom stereocenters. The first-order valence-corrected chi connectivity index (χ1v) is 11.3. The molecule has 1 fully saturated rings. The maximum atomic E-state index is 13.0. The highest BCUT2D eigenvalue weighted by Gasteiger charge is 2.34. The number of hydrogen-bond donors (Lipinski definition) is 3. The van der Waals surface area contributed by atoms with E-state index in [9.17, 15) is 9.59 Å². The van der Waals surface area contributed by atoms with Crippen LogP contribution in [0.2, 0.25) is 0 Å². The van der Waals surface area contributed by atoms with E-state index in [0.717, 1.165) is 22.0 Å².